The zero-order valence-electron chi connectivity index (χ0n) is 19.4. The highest BCUT2D eigenvalue weighted by Gasteiger charge is 2.51. The number of carbonyl (C=O) groups excluding carboxylic acids is 2. The SMILES string of the molecule is CC(=O)Oc1cccc([C@@]23CCN(C)C[C@H]2C(O)C[C@H](NC(=O)Cc2ccc(Cl)c(Cl)c2)C3)c1. The van der Waals surface area contributed by atoms with Crippen LogP contribution in [0.5, 0.6) is 5.75 Å². The fourth-order valence-electron chi connectivity index (χ4n) is 5.63. The molecule has 4 rings (SSSR count). The number of aliphatic hydroxyl groups excluding tert-OH is 1. The molecule has 0 bridgehead atoms. The number of aliphatic hydroxyl groups is 1. The van der Waals surface area contributed by atoms with E-state index < -0.39 is 6.10 Å². The number of hydrogen-bond acceptors (Lipinski definition) is 5. The van der Waals surface area contributed by atoms with E-state index in [0.29, 0.717) is 28.6 Å². The van der Waals surface area contributed by atoms with Crippen LogP contribution >= 0.6 is 23.2 Å². The van der Waals surface area contributed by atoms with Crippen LogP contribution in [0.2, 0.25) is 10.0 Å². The molecule has 0 spiro atoms. The topological polar surface area (TPSA) is 78.9 Å². The zero-order chi connectivity index (χ0) is 24.5. The van der Waals surface area contributed by atoms with Gasteiger partial charge in [0.15, 0.2) is 0 Å². The summed E-state index contributed by atoms with van der Waals surface area (Å²) in [5.74, 6) is 0.0239. The molecule has 34 heavy (non-hydrogen) atoms. The van der Waals surface area contributed by atoms with E-state index in [1.54, 1.807) is 24.3 Å². The molecule has 2 N–H and O–H groups in total. The standard InChI is InChI=1S/C26H30Cl2N2O4/c1-16(31)34-20-5-3-4-18(12-20)26-8-9-30(2)15-21(26)24(32)13-19(14-26)29-25(33)11-17-6-7-22(27)23(28)10-17/h3-7,10,12,19,21,24,32H,8-9,11,13-15H2,1-2H3,(H,29,33)/t19-,21-,24?,26-/m0/s1. The van der Waals surface area contributed by atoms with Crippen LogP contribution < -0.4 is 10.1 Å². The van der Waals surface area contributed by atoms with Crippen LogP contribution in [0.4, 0.5) is 0 Å². The van der Waals surface area contributed by atoms with Crippen LogP contribution in [0.15, 0.2) is 42.5 Å². The number of likely N-dealkylation sites (tertiary alicyclic amines) is 1. The van der Waals surface area contributed by atoms with Crippen molar-refractivity contribution in [1.29, 1.82) is 0 Å². The van der Waals surface area contributed by atoms with Gasteiger partial charge in [0.2, 0.25) is 5.91 Å². The van der Waals surface area contributed by atoms with E-state index in [-0.39, 0.29) is 35.7 Å². The average molecular weight is 505 g/mol. The largest absolute Gasteiger partial charge is 0.427 e. The smallest absolute Gasteiger partial charge is 0.308 e. The van der Waals surface area contributed by atoms with Gasteiger partial charge in [-0.1, -0.05) is 41.4 Å². The van der Waals surface area contributed by atoms with Crippen molar-refractivity contribution in [3.63, 3.8) is 0 Å². The molecule has 8 heteroatoms. The summed E-state index contributed by atoms with van der Waals surface area (Å²) in [5.41, 5.74) is 1.48. The number of nitrogens with one attached hydrogen (secondary N) is 1. The number of piperidine rings is 1. The molecule has 2 aromatic carbocycles. The summed E-state index contributed by atoms with van der Waals surface area (Å²) in [6.07, 6.45) is 1.67. The van der Waals surface area contributed by atoms with Crippen molar-refractivity contribution < 1.29 is 19.4 Å². The van der Waals surface area contributed by atoms with E-state index >= 15 is 0 Å². The fourth-order valence-corrected chi connectivity index (χ4v) is 5.96. The van der Waals surface area contributed by atoms with Gasteiger partial charge in [-0.25, -0.2) is 0 Å². The third-order valence-corrected chi connectivity index (χ3v) is 7.88. The number of ether oxygens (including phenoxy) is 1. The lowest BCUT2D eigenvalue weighted by atomic mass is 9.57. The van der Waals surface area contributed by atoms with Crippen molar-refractivity contribution in [3.05, 3.63) is 63.6 Å². The van der Waals surface area contributed by atoms with Crippen molar-refractivity contribution in [2.24, 2.45) is 5.92 Å². The number of carbonyl (C=O) groups is 2. The number of amides is 1. The molecular formula is C26H30Cl2N2O4. The monoisotopic (exact) mass is 504 g/mol. The Bertz CT molecular complexity index is 1080. The number of benzene rings is 2. The number of rotatable bonds is 5. The Balaban J connectivity index is 1.57. The van der Waals surface area contributed by atoms with E-state index in [4.69, 9.17) is 27.9 Å². The number of hydrogen-bond donors (Lipinski definition) is 2. The average Bonchev–Trinajstić information content (AvgIpc) is 2.77. The third-order valence-electron chi connectivity index (χ3n) is 7.14. The van der Waals surface area contributed by atoms with Gasteiger partial charge in [-0.3, -0.25) is 9.59 Å². The Morgan fingerprint density at radius 2 is 2.00 bits per heavy atom. The first-order chi connectivity index (χ1) is 16.2. The molecule has 1 unspecified atom stereocenters. The van der Waals surface area contributed by atoms with Gasteiger partial charge in [-0.05, 0) is 68.2 Å². The maximum Gasteiger partial charge on any atom is 0.308 e. The lowest BCUT2D eigenvalue weighted by molar-refractivity contribution is -0.132. The van der Waals surface area contributed by atoms with Gasteiger partial charge >= 0.3 is 5.97 Å². The first-order valence-corrected chi connectivity index (χ1v) is 12.3. The Labute approximate surface area is 210 Å². The fraction of sp³-hybridized carbons (Fsp3) is 0.462. The number of fused-ring (bicyclic) bond motifs is 1. The Morgan fingerprint density at radius 3 is 2.74 bits per heavy atom. The summed E-state index contributed by atoms with van der Waals surface area (Å²) in [6.45, 7) is 3.03. The summed E-state index contributed by atoms with van der Waals surface area (Å²) < 4.78 is 5.34. The Kier molecular flexibility index (Phi) is 7.53. The summed E-state index contributed by atoms with van der Waals surface area (Å²) in [5, 5.41) is 15.2. The van der Waals surface area contributed by atoms with Crippen molar-refractivity contribution in [3.8, 4) is 5.75 Å². The molecule has 1 aliphatic heterocycles. The normalized spacial score (nSPS) is 27.0. The molecule has 4 atom stereocenters. The van der Waals surface area contributed by atoms with Crippen LogP contribution in [0.25, 0.3) is 0 Å². The molecule has 0 aromatic heterocycles. The van der Waals surface area contributed by atoms with Gasteiger partial charge < -0.3 is 20.1 Å². The molecule has 1 amide bonds. The van der Waals surface area contributed by atoms with Gasteiger partial charge in [-0.2, -0.15) is 0 Å². The van der Waals surface area contributed by atoms with Gasteiger partial charge in [0.05, 0.1) is 22.6 Å². The van der Waals surface area contributed by atoms with Crippen LogP contribution in [0.3, 0.4) is 0 Å². The van der Waals surface area contributed by atoms with Gasteiger partial charge in [0.25, 0.3) is 0 Å². The molecule has 0 radical (unpaired) electrons. The second kappa shape index (κ2) is 10.2. The summed E-state index contributed by atoms with van der Waals surface area (Å²) >= 11 is 12.1. The number of nitrogens with zero attached hydrogens (tertiary/aromatic N) is 1. The molecule has 1 heterocycles. The summed E-state index contributed by atoms with van der Waals surface area (Å²) in [4.78, 5) is 26.6. The Hall–Kier alpha value is -2.12. The molecule has 1 saturated heterocycles. The number of halogens is 2. The molecule has 2 aromatic rings. The molecule has 6 nitrogen and oxygen atoms in total. The van der Waals surface area contributed by atoms with Crippen LogP contribution in [-0.4, -0.2) is 54.2 Å². The van der Waals surface area contributed by atoms with Crippen molar-refractivity contribution in [2.45, 2.75) is 50.2 Å². The number of esters is 1. The maximum atomic E-state index is 12.9. The van der Waals surface area contributed by atoms with Crippen molar-refractivity contribution in [2.75, 3.05) is 20.1 Å². The highest BCUT2D eigenvalue weighted by Crippen LogP contribution is 2.49. The second-order valence-electron chi connectivity index (χ2n) is 9.59. The summed E-state index contributed by atoms with van der Waals surface area (Å²) in [7, 11) is 2.07. The predicted octanol–water partition coefficient (Wildman–Crippen LogP) is 3.99. The van der Waals surface area contributed by atoms with Crippen LogP contribution in [0.1, 0.15) is 37.3 Å². The summed E-state index contributed by atoms with van der Waals surface area (Å²) in [6, 6.07) is 12.6. The molecular weight excluding hydrogens is 475 g/mol. The molecule has 2 fully saturated rings. The van der Waals surface area contributed by atoms with Gasteiger partial charge in [0.1, 0.15) is 5.75 Å². The van der Waals surface area contributed by atoms with Gasteiger partial charge in [-0.15, -0.1) is 0 Å². The lowest BCUT2D eigenvalue weighted by Gasteiger charge is -2.54. The maximum absolute atomic E-state index is 12.9. The van der Waals surface area contributed by atoms with E-state index in [1.165, 1.54) is 6.92 Å². The predicted molar refractivity (Wildman–Crippen MR) is 132 cm³/mol. The highest BCUT2D eigenvalue weighted by atomic mass is 35.5. The second-order valence-corrected chi connectivity index (χ2v) is 10.4. The third kappa shape index (κ3) is 5.41. The van der Waals surface area contributed by atoms with E-state index in [2.05, 4.69) is 17.3 Å². The van der Waals surface area contributed by atoms with Crippen LogP contribution in [0, 0.1) is 5.92 Å². The Morgan fingerprint density at radius 1 is 1.21 bits per heavy atom. The van der Waals surface area contributed by atoms with Crippen LogP contribution in [-0.2, 0) is 21.4 Å². The van der Waals surface area contributed by atoms with Crippen molar-refractivity contribution >= 4 is 35.1 Å². The molecule has 1 aliphatic carbocycles. The molecule has 182 valence electrons. The highest BCUT2D eigenvalue weighted by molar-refractivity contribution is 6.42. The minimum Gasteiger partial charge on any atom is -0.427 e. The first kappa shape index (κ1) is 25.0. The minimum atomic E-state index is -0.566. The quantitative estimate of drug-likeness (QED) is 0.475. The van der Waals surface area contributed by atoms with Gasteiger partial charge in [0, 0.05) is 30.8 Å². The lowest BCUT2D eigenvalue weighted by Crippen LogP contribution is -2.60. The molecule has 1 saturated carbocycles. The van der Waals surface area contributed by atoms with Crippen molar-refractivity contribution in [1.82, 2.24) is 10.2 Å². The van der Waals surface area contributed by atoms with E-state index in [9.17, 15) is 14.7 Å². The van der Waals surface area contributed by atoms with E-state index in [1.807, 2.05) is 18.2 Å². The first-order valence-electron chi connectivity index (χ1n) is 11.5. The van der Waals surface area contributed by atoms with E-state index in [0.717, 1.165) is 30.6 Å². The minimum absolute atomic E-state index is 0.0158. The molecule has 2 aliphatic rings. The zero-order valence-corrected chi connectivity index (χ0v) is 20.9.